The molecule has 1 aliphatic rings. The molecule has 0 amide bonds. The van der Waals surface area contributed by atoms with Crippen LogP contribution in [0.5, 0.6) is 0 Å². The quantitative estimate of drug-likeness (QED) is 0.806. The van der Waals surface area contributed by atoms with Gasteiger partial charge in [0.15, 0.2) is 5.78 Å². The second kappa shape index (κ2) is 4.20. The zero-order valence-electron chi connectivity index (χ0n) is 9.67. The van der Waals surface area contributed by atoms with Crippen LogP contribution in [0.15, 0.2) is 30.9 Å². The summed E-state index contributed by atoms with van der Waals surface area (Å²) in [6, 6.07) is 1.92. The lowest BCUT2D eigenvalue weighted by molar-refractivity contribution is 0.0973. The van der Waals surface area contributed by atoms with Crippen molar-refractivity contribution in [2.24, 2.45) is 0 Å². The van der Waals surface area contributed by atoms with Crippen molar-refractivity contribution in [3.63, 3.8) is 0 Å². The van der Waals surface area contributed by atoms with E-state index in [-0.39, 0.29) is 0 Å². The van der Waals surface area contributed by atoms with Gasteiger partial charge in [0.2, 0.25) is 0 Å². The van der Waals surface area contributed by atoms with Gasteiger partial charge in [0, 0.05) is 43.3 Å². The van der Waals surface area contributed by atoms with Gasteiger partial charge in [0.05, 0.1) is 6.54 Å². The Bertz CT molecular complexity index is 525. The van der Waals surface area contributed by atoms with E-state index in [1.807, 2.05) is 23.1 Å². The third-order valence-corrected chi connectivity index (χ3v) is 3.26. The van der Waals surface area contributed by atoms with Gasteiger partial charge < -0.3 is 4.57 Å². The van der Waals surface area contributed by atoms with Crippen LogP contribution in [0, 0.1) is 0 Å². The van der Waals surface area contributed by atoms with Gasteiger partial charge in [-0.05, 0) is 24.5 Å². The largest absolute Gasteiger partial charge is 0.351 e. The first kappa shape index (κ1) is 10.3. The fourth-order valence-electron chi connectivity index (χ4n) is 2.36. The van der Waals surface area contributed by atoms with Crippen LogP contribution in [0.4, 0.5) is 0 Å². The summed E-state index contributed by atoms with van der Waals surface area (Å²) in [5.74, 6) is 0.295. The molecule has 0 saturated carbocycles. The van der Waals surface area contributed by atoms with E-state index in [1.165, 1.54) is 5.56 Å². The first-order valence-corrected chi connectivity index (χ1v) is 6.02. The minimum absolute atomic E-state index is 0.295. The second-order valence-electron chi connectivity index (χ2n) is 4.48. The summed E-state index contributed by atoms with van der Waals surface area (Å²) in [5.41, 5.74) is 2.14. The Balaban J connectivity index is 1.74. The lowest BCUT2D eigenvalue weighted by Gasteiger charge is -2.07. The molecular weight excluding hydrogens is 214 g/mol. The molecule has 2 aromatic heterocycles. The van der Waals surface area contributed by atoms with Crippen LogP contribution in [-0.2, 0) is 19.5 Å². The molecule has 3 rings (SSSR count). The second-order valence-corrected chi connectivity index (χ2v) is 4.48. The number of nitrogens with zero attached hydrogens (tertiary/aromatic N) is 3. The molecule has 88 valence electrons. The summed E-state index contributed by atoms with van der Waals surface area (Å²) >= 11 is 0. The Labute approximate surface area is 99.9 Å². The Morgan fingerprint density at radius 2 is 2.18 bits per heavy atom. The zero-order valence-corrected chi connectivity index (χ0v) is 9.67. The van der Waals surface area contributed by atoms with Gasteiger partial charge in [-0.15, -0.1) is 0 Å². The normalized spacial score (nSPS) is 14.9. The fourth-order valence-corrected chi connectivity index (χ4v) is 2.36. The summed E-state index contributed by atoms with van der Waals surface area (Å²) in [6.45, 7) is 1.71. The van der Waals surface area contributed by atoms with E-state index in [9.17, 15) is 4.79 Å². The highest BCUT2D eigenvalue weighted by atomic mass is 16.1. The summed E-state index contributed by atoms with van der Waals surface area (Å²) in [4.78, 5) is 11.7. The molecule has 0 spiro atoms. The van der Waals surface area contributed by atoms with Gasteiger partial charge in [0.1, 0.15) is 0 Å². The molecule has 0 aliphatic heterocycles. The Hall–Kier alpha value is -1.84. The number of Topliss-reactive ketones (excluding diaryl/α,β-unsaturated/α-hetero) is 1. The maximum atomic E-state index is 11.7. The van der Waals surface area contributed by atoms with Crippen molar-refractivity contribution in [1.82, 2.24) is 14.3 Å². The molecule has 0 fully saturated rings. The topological polar surface area (TPSA) is 39.8 Å². The number of ketones is 1. The van der Waals surface area contributed by atoms with Crippen molar-refractivity contribution >= 4 is 5.78 Å². The highest BCUT2D eigenvalue weighted by Gasteiger charge is 2.18. The van der Waals surface area contributed by atoms with E-state index in [0.29, 0.717) is 12.2 Å². The average molecular weight is 229 g/mol. The molecule has 0 saturated heterocycles. The Morgan fingerprint density at radius 1 is 1.24 bits per heavy atom. The predicted molar refractivity (Wildman–Crippen MR) is 63.9 cm³/mol. The first-order chi connectivity index (χ1) is 8.33. The van der Waals surface area contributed by atoms with Crippen molar-refractivity contribution in [3.05, 3.63) is 42.0 Å². The minimum Gasteiger partial charge on any atom is -0.351 e. The van der Waals surface area contributed by atoms with Crippen molar-refractivity contribution in [2.45, 2.75) is 32.4 Å². The number of rotatable bonds is 3. The molecule has 2 heterocycles. The Kier molecular flexibility index (Phi) is 2.55. The molecule has 0 radical (unpaired) electrons. The molecular formula is C13H15N3O. The summed E-state index contributed by atoms with van der Waals surface area (Å²) in [5, 5.41) is 4.16. The maximum absolute atomic E-state index is 11.7. The van der Waals surface area contributed by atoms with E-state index in [0.717, 1.165) is 31.5 Å². The van der Waals surface area contributed by atoms with E-state index < -0.39 is 0 Å². The third kappa shape index (κ3) is 2.02. The molecule has 0 bridgehead atoms. The third-order valence-electron chi connectivity index (χ3n) is 3.26. The minimum atomic E-state index is 0.295. The van der Waals surface area contributed by atoms with Crippen molar-refractivity contribution in [1.29, 1.82) is 0 Å². The van der Waals surface area contributed by atoms with Gasteiger partial charge in [-0.25, -0.2) is 0 Å². The zero-order chi connectivity index (χ0) is 11.7. The van der Waals surface area contributed by atoms with E-state index in [2.05, 4.69) is 15.9 Å². The number of hydrogen-bond acceptors (Lipinski definition) is 2. The van der Waals surface area contributed by atoms with Gasteiger partial charge in [-0.3, -0.25) is 9.48 Å². The van der Waals surface area contributed by atoms with Crippen LogP contribution in [0.1, 0.15) is 28.8 Å². The predicted octanol–water partition coefficient (Wildman–Crippen LogP) is 1.90. The number of carbonyl (C=O) groups is 1. The number of carbonyl (C=O) groups excluding carboxylic acids is 1. The molecule has 4 heteroatoms. The lowest BCUT2D eigenvalue weighted by atomic mass is 9.95. The summed E-state index contributed by atoms with van der Waals surface area (Å²) in [6.07, 6.45) is 10.6. The molecule has 1 aliphatic carbocycles. The first-order valence-electron chi connectivity index (χ1n) is 6.02. The van der Waals surface area contributed by atoms with Crippen molar-refractivity contribution in [2.75, 3.05) is 0 Å². The summed E-state index contributed by atoms with van der Waals surface area (Å²) in [7, 11) is 0. The smallest absolute Gasteiger partial charge is 0.164 e. The number of hydrogen-bond donors (Lipinski definition) is 0. The Morgan fingerprint density at radius 3 is 2.94 bits per heavy atom. The molecule has 0 N–H and O–H groups in total. The molecule has 0 unspecified atom stereocenters. The van der Waals surface area contributed by atoms with Crippen LogP contribution < -0.4 is 0 Å². The van der Waals surface area contributed by atoms with Crippen LogP contribution in [-0.4, -0.2) is 20.1 Å². The van der Waals surface area contributed by atoms with E-state index in [1.54, 1.807) is 6.20 Å². The van der Waals surface area contributed by atoms with Gasteiger partial charge >= 0.3 is 0 Å². The molecule has 0 atom stereocenters. The number of aromatic nitrogens is 3. The molecule has 0 aromatic carbocycles. The average Bonchev–Trinajstić information content (AvgIpc) is 2.95. The van der Waals surface area contributed by atoms with Gasteiger partial charge in [-0.2, -0.15) is 5.10 Å². The van der Waals surface area contributed by atoms with Gasteiger partial charge in [-0.1, -0.05) is 0 Å². The van der Waals surface area contributed by atoms with E-state index >= 15 is 0 Å². The van der Waals surface area contributed by atoms with Gasteiger partial charge in [0.25, 0.3) is 0 Å². The van der Waals surface area contributed by atoms with Crippen LogP contribution >= 0.6 is 0 Å². The highest BCUT2D eigenvalue weighted by molar-refractivity contribution is 5.98. The maximum Gasteiger partial charge on any atom is 0.164 e. The van der Waals surface area contributed by atoms with Crippen LogP contribution in [0.25, 0.3) is 0 Å². The van der Waals surface area contributed by atoms with Crippen LogP contribution in [0.2, 0.25) is 0 Å². The van der Waals surface area contributed by atoms with Crippen molar-refractivity contribution in [3.8, 4) is 0 Å². The van der Waals surface area contributed by atoms with Crippen molar-refractivity contribution < 1.29 is 4.79 Å². The van der Waals surface area contributed by atoms with Crippen LogP contribution in [0.3, 0.4) is 0 Å². The fraction of sp³-hybridized carbons (Fsp3) is 0.385. The summed E-state index contributed by atoms with van der Waals surface area (Å²) < 4.78 is 4.01. The monoisotopic (exact) mass is 229 g/mol. The van der Waals surface area contributed by atoms with E-state index in [4.69, 9.17) is 0 Å². The highest BCUT2D eigenvalue weighted by Crippen LogP contribution is 2.21. The SMILES string of the molecule is O=C1CCCc2cn(CCn3cccn3)cc21. The number of aryl methyl sites for hydroxylation is 3. The molecule has 17 heavy (non-hydrogen) atoms. The number of fused-ring (bicyclic) bond motifs is 1. The molecule has 4 nitrogen and oxygen atoms in total. The standard InChI is InChI=1S/C13H15N3O/c17-13-4-1-3-11-9-15(10-12(11)13)7-8-16-6-2-5-14-16/h2,5-6,9-10H,1,3-4,7-8H2. The molecule has 2 aromatic rings. The lowest BCUT2D eigenvalue weighted by Crippen LogP contribution is -2.07.